The van der Waals surface area contributed by atoms with Crippen LogP contribution in [0.2, 0.25) is 0 Å². The zero-order valence-electron chi connectivity index (χ0n) is 19.8. The summed E-state index contributed by atoms with van der Waals surface area (Å²) in [5, 5.41) is 11.7. The van der Waals surface area contributed by atoms with Gasteiger partial charge in [-0.05, 0) is 35.3 Å². The SMILES string of the molecule is C=C(CCC)c1ccc(N2CCN(c3nnc(Cc4ccccc4)c4ccccc34)CC2)nc1. The number of rotatable bonds is 7. The van der Waals surface area contributed by atoms with E-state index in [2.05, 4.69) is 89.1 Å². The van der Waals surface area contributed by atoms with Gasteiger partial charge in [-0.15, -0.1) is 5.10 Å². The molecule has 0 saturated carbocycles. The van der Waals surface area contributed by atoms with E-state index in [1.807, 2.05) is 12.3 Å². The highest BCUT2D eigenvalue weighted by Crippen LogP contribution is 2.28. The average Bonchev–Trinajstić information content (AvgIpc) is 2.90. The molecule has 3 heterocycles. The second-order valence-corrected chi connectivity index (χ2v) is 8.91. The van der Waals surface area contributed by atoms with Crippen LogP contribution in [0.1, 0.15) is 36.6 Å². The first kappa shape index (κ1) is 22.1. The highest BCUT2D eigenvalue weighted by Gasteiger charge is 2.22. The molecule has 34 heavy (non-hydrogen) atoms. The molecule has 1 saturated heterocycles. The van der Waals surface area contributed by atoms with Crippen LogP contribution in [0, 0.1) is 0 Å². The molecule has 5 nitrogen and oxygen atoms in total. The second kappa shape index (κ2) is 10.0. The Kier molecular flexibility index (Phi) is 6.52. The maximum absolute atomic E-state index is 4.72. The number of fused-ring (bicyclic) bond motifs is 1. The minimum atomic E-state index is 0.786. The number of pyridine rings is 1. The fourth-order valence-electron chi connectivity index (χ4n) is 4.67. The third kappa shape index (κ3) is 4.65. The molecule has 0 spiro atoms. The Morgan fingerprint density at radius 3 is 2.24 bits per heavy atom. The lowest BCUT2D eigenvalue weighted by Gasteiger charge is -2.36. The fraction of sp³-hybridized carbons (Fsp3) is 0.276. The monoisotopic (exact) mass is 449 g/mol. The second-order valence-electron chi connectivity index (χ2n) is 8.91. The van der Waals surface area contributed by atoms with Gasteiger partial charge in [0.2, 0.25) is 0 Å². The van der Waals surface area contributed by atoms with E-state index in [0.717, 1.165) is 73.9 Å². The summed E-state index contributed by atoms with van der Waals surface area (Å²) in [5.41, 5.74) is 4.58. The standard InChI is InChI=1S/C29H31N5/c1-3-9-22(2)24-14-15-28(30-21-24)33-16-18-34(19-17-33)29-26-13-8-7-12-25(26)27(31-32-29)20-23-10-5-4-6-11-23/h4-8,10-15,21H,2-3,9,16-20H2,1H3. The molecule has 172 valence electrons. The summed E-state index contributed by atoms with van der Waals surface area (Å²) in [5.74, 6) is 2.01. The lowest BCUT2D eigenvalue weighted by molar-refractivity contribution is 0.639. The van der Waals surface area contributed by atoms with E-state index in [1.54, 1.807) is 0 Å². The molecular formula is C29H31N5. The van der Waals surface area contributed by atoms with Crippen LogP contribution in [-0.4, -0.2) is 41.4 Å². The molecule has 0 unspecified atom stereocenters. The lowest BCUT2D eigenvalue weighted by Crippen LogP contribution is -2.47. The van der Waals surface area contributed by atoms with E-state index in [0.29, 0.717) is 0 Å². The van der Waals surface area contributed by atoms with Gasteiger partial charge in [-0.25, -0.2) is 4.98 Å². The number of nitrogens with zero attached hydrogens (tertiary/aromatic N) is 5. The molecule has 2 aromatic heterocycles. The van der Waals surface area contributed by atoms with Gasteiger partial charge in [0, 0.05) is 49.6 Å². The molecule has 4 aromatic rings. The minimum absolute atomic E-state index is 0.786. The molecular weight excluding hydrogens is 418 g/mol. The van der Waals surface area contributed by atoms with Gasteiger partial charge in [0.25, 0.3) is 0 Å². The summed E-state index contributed by atoms with van der Waals surface area (Å²) >= 11 is 0. The largest absolute Gasteiger partial charge is 0.353 e. The Labute approximate surface area is 201 Å². The summed E-state index contributed by atoms with van der Waals surface area (Å²) in [6, 6.07) is 23.3. The number of benzene rings is 2. The third-order valence-electron chi connectivity index (χ3n) is 6.57. The predicted molar refractivity (Wildman–Crippen MR) is 141 cm³/mol. The summed E-state index contributed by atoms with van der Waals surface area (Å²) in [4.78, 5) is 9.43. The van der Waals surface area contributed by atoms with Crippen molar-refractivity contribution in [3.63, 3.8) is 0 Å². The number of hydrogen-bond acceptors (Lipinski definition) is 5. The molecule has 5 rings (SSSR count). The summed E-state index contributed by atoms with van der Waals surface area (Å²) < 4.78 is 0. The van der Waals surface area contributed by atoms with E-state index in [-0.39, 0.29) is 0 Å². The zero-order chi connectivity index (χ0) is 23.3. The third-order valence-corrected chi connectivity index (χ3v) is 6.57. The Morgan fingerprint density at radius 2 is 1.53 bits per heavy atom. The van der Waals surface area contributed by atoms with Gasteiger partial charge in [0.05, 0.1) is 5.69 Å². The molecule has 0 amide bonds. The topological polar surface area (TPSA) is 45.2 Å². The van der Waals surface area contributed by atoms with Crippen molar-refractivity contribution < 1.29 is 0 Å². The first-order valence-corrected chi connectivity index (χ1v) is 12.1. The first-order chi connectivity index (χ1) is 16.7. The molecule has 1 aliphatic heterocycles. The number of hydrogen-bond donors (Lipinski definition) is 0. The fourth-order valence-corrected chi connectivity index (χ4v) is 4.67. The van der Waals surface area contributed by atoms with E-state index >= 15 is 0 Å². The smallest absolute Gasteiger partial charge is 0.159 e. The Hall–Kier alpha value is -3.73. The zero-order valence-corrected chi connectivity index (χ0v) is 19.8. The van der Waals surface area contributed by atoms with Crippen LogP contribution >= 0.6 is 0 Å². The van der Waals surface area contributed by atoms with Crippen LogP contribution in [0.25, 0.3) is 16.3 Å². The van der Waals surface area contributed by atoms with E-state index in [9.17, 15) is 0 Å². The Morgan fingerprint density at radius 1 is 0.824 bits per heavy atom. The Bertz CT molecular complexity index is 1260. The molecule has 0 aliphatic carbocycles. The predicted octanol–water partition coefficient (Wildman–Crippen LogP) is 5.76. The highest BCUT2D eigenvalue weighted by molar-refractivity contribution is 5.93. The first-order valence-electron chi connectivity index (χ1n) is 12.1. The molecule has 2 aromatic carbocycles. The van der Waals surface area contributed by atoms with Crippen molar-refractivity contribution in [2.24, 2.45) is 0 Å². The number of piperazine rings is 1. The van der Waals surface area contributed by atoms with Crippen molar-refractivity contribution in [2.45, 2.75) is 26.2 Å². The van der Waals surface area contributed by atoms with Crippen LogP contribution < -0.4 is 9.80 Å². The average molecular weight is 450 g/mol. The number of anilines is 2. The van der Waals surface area contributed by atoms with Crippen molar-refractivity contribution in [3.8, 4) is 0 Å². The van der Waals surface area contributed by atoms with Gasteiger partial charge < -0.3 is 9.80 Å². The highest BCUT2D eigenvalue weighted by atomic mass is 15.3. The number of aromatic nitrogens is 3. The van der Waals surface area contributed by atoms with Crippen molar-refractivity contribution in [3.05, 3.63) is 96.3 Å². The van der Waals surface area contributed by atoms with Gasteiger partial charge in [-0.2, -0.15) is 5.10 Å². The molecule has 0 atom stereocenters. The van der Waals surface area contributed by atoms with Crippen LogP contribution in [-0.2, 0) is 6.42 Å². The van der Waals surface area contributed by atoms with Gasteiger partial charge in [0.15, 0.2) is 5.82 Å². The summed E-state index contributed by atoms with van der Waals surface area (Å²) in [7, 11) is 0. The molecule has 0 N–H and O–H groups in total. The lowest BCUT2D eigenvalue weighted by atomic mass is 10.0. The Balaban J connectivity index is 1.31. The van der Waals surface area contributed by atoms with Crippen molar-refractivity contribution in [1.29, 1.82) is 0 Å². The van der Waals surface area contributed by atoms with E-state index < -0.39 is 0 Å². The summed E-state index contributed by atoms with van der Waals surface area (Å²) in [6.45, 7) is 9.96. The maximum atomic E-state index is 4.72. The molecule has 1 fully saturated rings. The molecule has 0 bridgehead atoms. The van der Waals surface area contributed by atoms with Crippen molar-refractivity contribution in [2.75, 3.05) is 36.0 Å². The molecule has 5 heteroatoms. The van der Waals surface area contributed by atoms with Crippen LogP contribution in [0.3, 0.4) is 0 Å². The van der Waals surface area contributed by atoms with Crippen LogP contribution in [0.4, 0.5) is 11.6 Å². The molecule has 0 radical (unpaired) electrons. The summed E-state index contributed by atoms with van der Waals surface area (Å²) in [6.07, 6.45) is 4.87. The van der Waals surface area contributed by atoms with E-state index in [4.69, 9.17) is 10.1 Å². The van der Waals surface area contributed by atoms with Gasteiger partial charge in [0.1, 0.15) is 5.82 Å². The quantitative estimate of drug-likeness (QED) is 0.359. The van der Waals surface area contributed by atoms with Crippen LogP contribution in [0.15, 0.2) is 79.5 Å². The molecule has 1 aliphatic rings. The van der Waals surface area contributed by atoms with Gasteiger partial charge >= 0.3 is 0 Å². The van der Waals surface area contributed by atoms with Gasteiger partial charge in [-0.1, -0.05) is 74.5 Å². The van der Waals surface area contributed by atoms with Crippen LogP contribution in [0.5, 0.6) is 0 Å². The van der Waals surface area contributed by atoms with Gasteiger partial charge in [-0.3, -0.25) is 0 Å². The number of allylic oxidation sites excluding steroid dienone is 1. The van der Waals surface area contributed by atoms with Crippen molar-refractivity contribution >= 4 is 28.0 Å². The van der Waals surface area contributed by atoms with Crippen molar-refractivity contribution in [1.82, 2.24) is 15.2 Å². The van der Waals surface area contributed by atoms with E-state index in [1.165, 1.54) is 16.3 Å². The maximum Gasteiger partial charge on any atom is 0.159 e. The minimum Gasteiger partial charge on any atom is -0.353 e. The normalized spacial score (nSPS) is 13.9.